The van der Waals surface area contributed by atoms with Gasteiger partial charge in [0.1, 0.15) is 36.6 Å². The highest BCUT2D eigenvalue weighted by molar-refractivity contribution is 5.80. The van der Waals surface area contributed by atoms with Gasteiger partial charge in [-0.3, -0.25) is 4.79 Å². The second-order valence-electron chi connectivity index (χ2n) is 17.2. The van der Waals surface area contributed by atoms with Crippen molar-refractivity contribution >= 4 is 5.91 Å². The molecule has 1 heterocycles. The van der Waals surface area contributed by atoms with Gasteiger partial charge >= 0.3 is 0 Å². The van der Waals surface area contributed by atoms with Crippen LogP contribution in [0.1, 0.15) is 206 Å². The average molecular weight is 842 g/mol. The summed E-state index contributed by atoms with van der Waals surface area (Å²) in [7, 11) is 0. The minimum Gasteiger partial charge on any atom is -0.394 e. The summed E-state index contributed by atoms with van der Waals surface area (Å²) in [6.07, 6.45) is 30.8. The topological polar surface area (TPSA) is 189 Å². The molecule has 0 aromatic carbocycles. The highest BCUT2D eigenvalue weighted by atomic mass is 16.7. The number of aliphatic hydroxyl groups is 7. The number of carbonyl (C=O) groups is 1. The summed E-state index contributed by atoms with van der Waals surface area (Å²) >= 11 is 0. The van der Waals surface area contributed by atoms with Gasteiger partial charge in [-0.2, -0.15) is 0 Å². The first kappa shape index (κ1) is 55.6. The van der Waals surface area contributed by atoms with Crippen LogP contribution in [0.25, 0.3) is 0 Å². The minimum atomic E-state index is -1.67. The molecule has 0 saturated carbocycles. The molecule has 0 aromatic heterocycles. The zero-order chi connectivity index (χ0) is 43.4. The first-order valence-electron chi connectivity index (χ1n) is 24.2. The number of carbonyl (C=O) groups excluding carboxylic acids is 1. The maximum Gasteiger partial charge on any atom is 0.249 e. The Balaban J connectivity index is 2.46. The minimum absolute atomic E-state index is 0.247. The van der Waals surface area contributed by atoms with Crippen LogP contribution in [-0.2, 0) is 14.3 Å². The number of aliphatic hydroxyl groups excluding tert-OH is 7. The van der Waals surface area contributed by atoms with Gasteiger partial charge in [0.15, 0.2) is 6.29 Å². The lowest BCUT2D eigenvalue weighted by Gasteiger charge is -2.40. The summed E-state index contributed by atoms with van der Waals surface area (Å²) in [6.45, 7) is 3.41. The molecular formula is C48H91NO10. The van der Waals surface area contributed by atoms with Gasteiger partial charge in [-0.25, -0.2) is 0 Å². The molecule has 0 radical (unpaired) electrons. The van der Waals surface area contributed by atoms with E-state index in [0.29, 0.717) is 12.8 Å². The van der Waals surface area contributed by atoms with Crippen molar-refractivity contribution in [3.63, 3.8) is 0 Å². The van der Waals surface area contributed by atoms with Gasteiger partial charge in [0.2, 0.25) is 5.91 Å². The standard InChI is InChI=1S/C48H91NO10/c1-3-5-7-9-11-13-15-17-19-20-21-22-24-25-27-29-31-33-35-40(51)43(53)39(38-58-48-46(56)45(55)44(54)42(37-50)59-48)49-47(57)41(52)36-34-32-30-28-26-23-18-16-14-12-10-8-6-4-2/h14,16,27,29,39-46,48,50-56H,3-13,15,17-26,28,30-38H2,1-2H3,(H,49,57)/b16-14-,29-27+. The Bertz CT molecular complexity index is 1010. The van der Waals surface area contributed by atoms with Crippen LogP contribution in [0.4, 0.5) is 0 Å². The second-order valence-corrected chi connectivity index (χ2v) is 17.2. The maximum atomic E-state index is 13.1. The quantitative estimate of drug-likeness (QED) is 0.0221. The lowest BCUT2D eigenvalue weighted by molar-refractivity contribution is -0.303. The summed E-state index contributed by atoms with van der Waals surface area (Å²) in [4.78, 5) is 13.1. The molecule has 1 amide bonds. The monoisotopic (exact) mass is 842 g/mol. The molecule has 0 bridgehead atoms. The average Bonchev–Trinajstić information content (AvgIpc) is 3.23. The highest BCUT2D eigenvalue weighted by Gasteiger charge is 2.44. The first-order chi connectivity index (χ1) is 28.7. The van der Waals surface area contributed by atoms with E-state index in [1.54, 1.807) is 0 Å². The lowest BCUT2D eigenvalue weighted by Crippen LogP contribution is -2.60. The third kappa shape index (κ3) is 28.0. The Labute approximate surface area is 359 Å². The molecule has 0 aliphatic carbocycles. The number of nitrogens with one attached hydrogen (secondary N) is 1. The molecule has 1 fully saturated rings. The first-order valence-corrected chi connectivity index (χ1v) is 24.2. The molecule has 348 valence electrons. The Morgan fingerprint density at radius 1 is 0.576 bits per heavy atom. The van der Waals surface area contributed by atoms with Crippen LogP contribution in [0.15, 0.2) is 24.3 Å². The SMILES string of the molecule is CCCCCC/C=C\CCCCCCCCC(O)C(=O)NC(COC1OC(CO)C(O)C(O)C1O)C(O)C(O)CCC/C=C/CCCCCCCCCCCCCCC. The molecule has 1 saturated heterocycles. The Morgan fingerprint density at radius 2 is 1.00 bits per heavy atom. The van der Waals surface area contributed by atoms with Crippen molar-refractivity contribution in [3.05, 3.63) is 24.3 Å². The predicted octanol–water partition coefficient (Wildman–Crippen LogP) is 8.23. The van der Waals surface area contributed by atoms with Crippen molar-refractivity contribution in [3.8, 4) is 0 Å². The number of unbranched alkanes of at least 4 members (excludes halogenated alkanes) is 24. The molecule has 8 N–H and O–H groups in total. The van der Waals surface area contributed by atoms with Crippen molar-refractivity contribution in [1.29, 1.82) is 0 Å². The van der Waals surface area contributed by atoms with E-state index >= 15 is 0 Å². The van der Waals surface area contributed by atoms with E-state index in [-0.39, 0.29) is 12.8 Å². The van der Waals surface area contributed by atoms with Crippen molar-refractivity contribution in [2.24, 2.45) is 0 Å². The van der Waals surface area contributed by atoms with Crippen molar-refractivity contribution in [1.82, 2.24) is 5.32 Å². The van der Waals surface area contributed by atoms with Gasteiger partial charge in [0, 0.05) is 0 Å². The number of hydrogen-bond donors (Lipinski definition) is 8. The fourth-order valence-electron chi connectivity index (χ4n) is 7.67. The summed E-state index contributed by atoms with van der Waals surface area (Å²) in [5, 5.41) is 75.7. The third-order valence-corrected chi connectivity index (χ3v) is 11.7. The van der Waals surface area contributed by atoms with Crippen LogP contribution in [0.3, 0.4) is 0 Å². The molecule has 11 heteroatoms. The molecule has 1 aliphatic rings. The Kier molecular flexibility index (Phi) is 36.1. The summed E-state index contributed by atoms with van der Waals surface area (Å²) in [5.41, 5.74) is 0. The van der Waals surface area contributed by atoms with E-state index in [1.807, 2.05) is 0 Å². The number of amides is 1. The van der Waals surface area contributed by atoms with E-state index in [9.17, 15) is 40.5 Å². The van der Waals surface area contributed by atoms with Crippen LogP contribution in [-0.4, -0.2) is 110 Å². The third-order valence-electron chi connectivity index (χ3n) is 11.7. The van der Waals surface area contributed by atoms with Gasteiger partial charge in [-0.05, 0) is 64.2 Å². The zero-order valence-corrected chi connectivity index (χ0v) is 37.5. The molecule has 1 aliphatic heterocycles. The van der Waals surface area contributed by atoms with Crippen LogP contribution >= 0.6 is 0 Å². The summed E-state index contributed by atoms with van der Waals surface area (Å²) < 4.78 is 11.1. The fourth-order valence-corrected chi connectivity index (χ4v) is 7.67. The van der Waals surface area contributed by atoms with E-state index < -0.39 is 74.2 Å². The van der Waals surface area contributed by atoms with E-state index in [1.165, 1.54) is 109 Å². The van der Waals surface area contributed by atoms with E-state index in [4.69, 9.17) is 9.47 Å². The maximum absolute atomic E-state index is 13.1. The van der Waals surface area contributed by atoms with Gasteiger partial charge in [-0.15, -0.1) is 0 Å². The van der Waals surface area contributed by atoms with E-state index in [2.05, 4.69) is 43.5 Å². The van der Waals surface area contributed by atoms with Gasteiger partial charge in [0.25, 0.3) is 0 Å². The lowest BCUT2D eigenvalue weighted by atomic mass is 9.98. The second kappa shape index (κ2) is 38.3. The number of allylic oxidation sites excluding steroid dienone is 4. The zero-order valence-electron chi connectivity index (χ0n) is 37.5. The predicted molar refractivity (Wildman–Crippen MR) is 238 cm³/mol. The van der Waals surface area contributed by atoms with Crippen molar-refractivity contribution < 1.29 is 50.0 Å². The molecule has 9 atom stereocenters. The van der Waals surface area contributed by atoms with Gasteiger partial charge in [0.05, 0.1) is 25.4 Å². The molecular weight excluding hydrogens is 751 g/mol. The smallest absolute Gasteiger partial charge is 0.249 e. The van der Waals surface area contributed by atoms with Gasteiger partial charge in [-0.1, -0.05) is 167 Å². The molecule has 11 nitrogen and oxygen atoms in total. The van der Waals surface area contributed by atoms with Crippen LogP contribution in [0.2, 0.25) is 0 Å². The number of rotatable bonds is 40. The van der Waals surface area contributed by atoms with E-state index in [0.717, 1.165) is 57.8 Å². The number of ether oxygens (including phenoxy) is 2. The Hall–Kier alpha value is -1.41. The molecule has 59 heavy (non-hydrogen) atoms. The Morgan fingerprint density at radius 3 is 1.47 bits per heavy atom. The number of hydrogen-bond acceptors (Lipinski definition) is 10. The summed E-state index contributed by atoms with van der Waals surface area (Å²) in [6, 6.07) is -1.18. The van der Waals surface area contributed by atoms with Gasteiger partial charge < -0.3 is 50.5 Å². The molecule has 0 spiro atoms. The molecule has 9 unspecified atom stereocenters. The molecule has 1 rings (SSSR count). The van der Waals surface area contributed by atoms with Crippen molar-refractivity contribution in [2.75, 3.05) is 13.2 Å². The van der Waals surface area contributed by atoms with Crippen LogP contribution < -0.4 is 5.32 Å². The van der Waals surface area contributed by atoms with Crippen LogP contribution in [0.5, 0.6) is 0 Å². The van der Waals surface area contributed by atoms with Crippen molar-refractivity contribution in [2.45, 2.75) is 262 Å². The largest absolute Gasteiger partial charge is 0.394 e. The summed E-state index contributed by atoms with van der Waals surface area (Å²) in [5.74, 6) is -0.712. The van der Waals surface area contributed by atoms with Crippen LogP contribution in [0, 0.1) is 0 Å². The fraction of sp³-hybridized carbons (Fsp3) is 0.896. The normalized spacial score (nSPS) is 21.9. The molecule has 0 aromatic rings. The highest BCUT2D eigenvalue weighted by Crippen LogP contribution is 2.23.